The summed E-state index contributed by atoms with van der Waals surface area (Å²) in [5.74, 6) is -0.450. The summed E-state index contributed by atoms with van der Waals surface area (Å²) in [5.41, 5.74) is 0.747. The fraction of sp³-hybridized carbons (Fsp3) is 0.304. The molecule has 1 aromatic carbocycles. The van der Waals surface area contributed by atoms with Crippen molar-refractivity contribution in [1.29, 1.82) is 5.26 Å². The number of hydrogen-bond donors (Lipinski definition) is 0. The minimum absolute atomic E-state index is 0.0252. The Hall–Kier alpha value is -3.77. The van der Waals surface area contributed by atoms with E-state index in [1.165, 1.54) is 36.1 Å². The average Bonchev–Trinajstić information content (AvgIpc) is 3.10. The molecule has 0 radical (unpaired) electrons. The third-order valence-corrected chi connectivity index (χ3v) is 4.96. The van der Waals surface area contributed by atoms with E-state index in [1.807, 2.05) is 6.07 Å². The summed E-state index contributed by atoms with van der Waals surface area (Å²) in [6.45, 7) is 4.26. The van der Waals surface area contributed by atoms with Gasteiger partial charge in [0, 0.05) is 32.0 Å². The van der Waals surface area contributed by atoms with Crippen LogP contribution in [0.2, 0.25) is 0 Å². The van der Waals surface area contributed by atoms with Gasteiger partial charge in [0.1, 0.15) is 35.6 Å². The molecule has 0 aliphatic carbocycles. The first kappa shape index (κ1) is 22.9. The number of carbonyl (C=O) groups excluding carboxylic acids is 1. The van der Waals surface area contributed by atoms with Crippen LogP contribution in [0.5, 0.6) is 5.75 Å². The van der Waals surface area contributed by atoms with Gasteiger partial charge in [0.15, 0.2) is 5.78 Å². The lowest BCUT2D eigenvalue weighted by molar-refractivity contribution is 0.103. The lowest BCUT2D eigenvalue weighted by Gasteiger charge is -2.13. The summed E-state index contributed by atoms with van der Waals surface area (Å²) >= 11 is 0. The van der Waals surface area contributed by atoms with Gasteiger partial charge in [0.25, 0.3) is 5.56 Å². The molecule has 0 unspecified atom stereocenters. The Kier molecular flexibility index (Phi) is 7.18. The van der Waals surface area contributed by atoms with Gasteiger partial charge in [0.2, 0.25) is 0 Å². The van der Waals surface area contributed by atoms with Gasteiger partial charge in [-0.3, -0.25) is 9.59 Å². The van der Waals surface area contributed by atoms with E-state index in [-0.39, 0.29) is 35.6 Å². The predicted octanol–water partition coefficient (Wildman–Crippen LogP) is 3.31. The van der Waals surface area contributed by atoms with E-state index in [9.17, 15) is 19.2 Å². The molecule has 0 amide bonds. The molecule has 2 aromatic heterocycles. The van der Waals surface area contributed by atoms with Crippen LogP contribution >= 0.6 is 0 Å². The van der Waals surface area contributed by atoms with E-state index in [1.54, 1.807) is 13.8 Å². The van der Waals surface area contributed by atoms with Gasteiger partial charge in [-0.1, -0.05) is 5.16 Å². The molecule has 0 atom stereocenters. The molecule has 2 heterocycles. The lowest BCUT2D eigenvalue weighted by atomic mass is 10.0. The number of carbonyl (C=O) groups is 1. The molecule has 0 aliphatic heterocycles. The van der Waals surface area contributed by atoms with Crippen LogP contribution in [-0.2, 0) is 17.9 Å². The van der Waals surface area contributed by atoms with Gasteiger partial charge in [-0.2, -0.15) is 5.26 Å². The maximum atomic E-state index is 14.0. The van der Waals surface area contributed by atoms with Gasteiger partial charge in [-0.05, 0) is 44.5 Å². The van der Waals surface area contributed by atoms with Crippen LogP contribution in [0.1, 0.15) is 44.9 Å². The Morgan fingerprint density at radius 2 is 2.09 bits per heavy atom. The SMILES string of the molecule is COCCCn1cc(C(=O)c2cc(F)ccc2OCc2c(C)noc2C)cc(C#N)c1=O. The number of ether oxygens (including phenoxy) is 2. The first-order valence-corrected chi connectivity index (χ1v) is 9.88. The largest absolute Gasteiger partial charge is 0.488 e. The molecular formula is C23H22FN3O5. The number of benzene rings is 1. The van der Waals surface area contributed by atoms with Crippen LogP contribution in [0, 0.1) is 31.0 Å². The first-order valence-electron chi connectivity index (χ1n) is 9.88. The fourth-order valence-electron chi connectivity index (χ4n) is 3.20. The second-order valence-electron chi connectivity index (χ2n) is 7.16. The molecule has 8 nitrogen and oxygen atoms in total. The summed E-state index contributed by atoms with van der Waals surface area (Å²) in [6.07, 6.45) is 1.88. The van der Waals surface area contributed by atoms with Crippen molar-refractivity contribution < 1.29 is 23.2 Å². The number of aromatic nitrogens is 2. The van der Waals surface area contributed by atoms with Crippen LogP contribution < -0.4 is 10.3 Å². The molecule has 9 heteroatoms. The van der Waals surface area contributed by atoms with Crippen LogP contribution in [0.4, 0.5) is 4.39 Å². The topological polar surface area (TPSA) is 107 Å². The fourth-order valence-corrected chi connectivity index (χ4v) is 3.20. The van der Waals surface area contributed by atoms with Crippen molar-refractivity contribution >= 4 is 5.78 Å². The molecule has 32 heavy (non-hydrogen) atoms. The van der Waals surface area contributed by atoms with Crippen LogP contribution in [0.3, 0.4) is 0 Å². The number of nitriles is 1. The number of hydrogen-bond acceptors (Lipinski definition) is 7. The molecule has 166 valence electrons. The number of nitrogens with zero attached hydrogens (tertiary/aromatic N) is 3. The van der Waals surface area contributed by atoms with E-state index in [2.05, 4.69) is 5.16 Å². The third kappa shape index (κ3) is 4.92. The average molecular weight is 439 g/mol. The van der Waals surface area contributed by atoms with Gasteiger partial charge in [-0.25, -0.2) is 4.39 Å². The maximum Gasteiger partial charge on any atom is 0.268 e. The molecule has 3 aromatic rings. The highest BCUT2D eigenvalue weighted by atomic mass is 19.1. The predicted molar refractivity (Wildman–Crippen MR) is 112 cm³/mol. The number of methoxy groups -OCH3 is 1. The van der Waals surface area contributed by atoms with Crippen LogP contribution in [0.15, 0.2) is 39.8 Å². The van der Waals surface area contributed by atoms with Crippen molar-refractivity contribution in [2.24, 2.45) is 0 Å². The smallest absolute Gasteiger partial charge is 0.268 e. The molecule has 0 spiro atoms. The van der Waals surface area contributed by atoms with Gasteiger partial charge in [0.05, 0.1) is 16.8 Å². The second-order valence-corrected chi connectivity index (χ2v) is 7.16. The monoisotopic (exact) mass is 439 g/mol. The zero-order valence-corrected chi connectivity index (χ0v) is 18.0. The molecule has 0 aliphatic rings. The maximum absolute atomic E-state index is 14.0. The molecule has 0 saturated heterocycles. The zero-order valence-electron chi connectivity index (χ0n) is 18.0. The number of pyridine rings is 1. The van der Waals surface area contributed by atoms with E-state index in [0.29, 0.717) is 24.5 Å². The third-order valence-electron chi connectivity index (χ3n) is 4.96. The van der Waals surface area contributed by atoms with Gasteiger partial charge >= 0.3 is 0 Å². The highest BCUT2D eigenvalue weighted by Gasteiger charge is 2.20. The van der Waals surface area contributed by atoms with Crippen molar-refractivity contribution in [2.45, 2.75) is 33.4 Å². The van der Waals surface area contributed by atoms with Crippen molar-refractivity contribution in [3.8, 4) is 11.8 Å². The highest BCUT2D eigenvalue weighted by molar-refractivity contribution is 6.10. The Morgan fingerprint density at radius 3 is 2.75 bits per heavy atom. The number of ketones is 1. The second kappa shape index (κ2) is 10.0. The van der Waals surface area contributed by atoms with E-state index < -0.39 is 17.2 Å². The Labute approximate surface area is 183 Å². The van der Waals surface area contributed by atoms with Crippen LogP contribution in [-0.4, -0.2) is 29.2 Å². The van der Waals surface area contributed by atoms with E-state index >= 15 is 0 Å². The summed E-state index contributed by atoms with van der Waals surface area (Å²) in [4.78, 5) is 25.7. The number of halogens is 1. The highest BCUT2D eigenvalue weighted by Crippen LogP contribution is 2.25. The van der Waals surface area contributed by atoms with Gasteiger partial charge in [-0.15, -0.1) is 0 Å². The standard InChI is InChI=1S/C23H22FN3O5/c1-14-20(15(2)32-26-14)13-31-21-6-5-18(24)10-19(21)22(28)17-9-16(11-25)23(29)27(12-17)7-4-8-30-3/h5-6,9-10,12H,4,7-8,13H2,1-3H3. The zero-order chi connectivity index (χ0) is 23.3. The van der Waals surface area contributed by atoms with Crippen molar-refractivity contribution in [1.82, 2.24) is 9.72 Å². The summed E-state index contributed by atoms with van der Waals surface area (Å²) in [7, 11) is 1.54. The summed E-state index contributed by atoms with van der Waals surface area (Å²) in [6, 6.07) is 6.64. The summed E-state index contributed by atoms with van der Waals surface area (Å²) < 4.78 is 31.2. The molecule has 0 saturated carbocycles. The minimum Gasteiger partial charge on any atom is -0.488 e. The number of rotatable bonds is 9. The normalized spacial score (nSPS) is 10.7. The molecule has 3 rings (SSSR count). The van der Waals surface area contributed by atoms with Crippen LogP contribution in [0.25, 0.3) is 0 Å². The molecule has 0 fully saturated rings. The van der Waals surface area contributed by atoms with Crippen molar-refractivity contribution in [2.75, 3.05) is 13.7 Å². The minimum atomic E-state index is -0.619. The quantitative estimate of drug-likeness (QED) is 0.372. The lowest BCUT2D eigenvalue weighted by Crippen LogP contribution is -2.24. The molecule has 0 bridgehead atoms. The Morgan fingerprint density at radius 1 is 1.31 bits per heavy atom. The number of aryl methyl sites for hydroxylation is 3. The van der Waals surface area contributed by atoms with Crippen molar-refractivity contribution in [3.63, 3.8) is 0 Å². The Bertz CT molecular complexity index is 1220. The summed E-state index contributed by atoms with van der Waals surface area (Å²) in [5, 5.41) is 13.2. The van der Waals surface area contributed by atoms with Gasteiger partial charge < -0.3 is 18.6 Å². The Balaban J connectivity index is 1.96. The van der Waals surface area contributed by atoms with E-state index in [0.717, 1.165) is 11.6 Å². The first-order chi connectivity index (χ1) is 15.3. The molecular weight excluding hydrogens is 417 g/mol. The van der Waals surface area contributed by atoms with Crippen molar-refractivity contribution in [3.05, 3.63) is 80.3 Å². The molecule has 0 N–H and O–H groups in total. The van der Waals surface area contributed by atoms with E-state index in [4.69, 9.17) is 14.0 Å².